The second kappa shape index (κ2) is 6.78. The number of para-hydroxylation sites is 1. The van der Waals surface area contributed by atoms with Crippen LogP contribution < -0.4 is 15.2 Å². The van der Waals surface area contributed by atoms with Crippen LogP contribution in [0, 0.1) is 0 Å². The Balaban J connectivity index is 2.25. The normalized spacial score (nSPS) is 20.3. The van der Waals surface area contributed by atoms with Crippen LogP contribution in [0.1, 0.15) is 31.2 Å². The fourth-order valence-corrected chi connectivity index (χ4v) is 2.39. The van der Waals surface area contributed by atoms with Gasteiger partial charge >= 0.3 is 0 Å². The molecule has 1 saturated heterocycles. The molecule has 2 rings (SSSR count). The zero-order chi connectivity index (χ0) is 13.7. The Kier molecular flexibility index (Phi) is 5.05. The lowest BCUT2D eigenvalue weighted by Crippen LogP contribution is -2.18. The number of methoxy groups -OCH3 is 1. The number of ether oxygens (including phenoxy) is 3. The molecule has 4 heteroatoms. The van der Waals surface area contributed by atoms with Crippen LogP contribution in [0.15, 0.2) is 18.2 Å². The first-order chi connectivity index (χ1) is 9.26. The van der Waals surface area contributed by atoms with E-state index in [0.29, 0.717) is 19.1 Å². The van der Waals surface area contributed by atoms with Gasteiger partial charge in [0, 0.05) is 12.0 Å². The molecule has 0 bridgehead atoms. The third kappa shape index (κ3) is 3.39. The summed E-state index contributed by atoms with van der Waals surface area (Å²) in [5.74, 6) is 1.99. The fourth-order valence-electron chi connectivity index (χ4n) is 2.39. The van der Waals surface area contributed by atoms with Crippen molar-refractivity contribution in [3.8, 4) is 11.5 Å². The van der Waals surface area contributed by atoms with Crippen molar-refractivity contribution in [3.63, 3.8) is 0 Å². The molecule has 1 fully saturated rings. The molecule has 0 spiro atoms. The highest BCUT2D eigenvalue weighted by Crippen LogP contribution is 2.38. The van der Waals surface area contributed by atoms with Crippen molar-refractivity contribution in [2.75, 3.05) is 26.9 Å². The van der Waals surface area contributed by atoms with Crippen molar-refractivity contribution in [2.45, 2.75) is 31.8 Å². The molecule has 2 atom stereocenters. The molecule has 1 aromatic carbocycles. The summed E-state index contributed by atoms with van der Waals surface area (Å²) in [6.45, 7) is 4.26. The molecule has 0 radical (unpaired) electrons. The lowest BCUT2D eigenvalue weighted by molar-refractivity contribution is 0.137. The largest absolute Gasteiger partial charge is 0.493 e. The molecule has 2 N–H and O–H groups in total. The SMILES string of the molecule is COc1cccc(C(C)CCN)c1OC1CCOC1. The summed E-state index contributed by atoms with van der Waals surface area (Å²) in [5.41, 5.74) is 6.82. The molecule has 1 heterocycles. The minimum absolute atomic E-state index is 0.125. The van der Waals surface area contributed by atoms with Gasteiger partial charge in [0.05, 0.1) is 20.3 Å². The predicted molar refractivity (Wildman–Crippen MR) is 74.9 cm³/mol. The van der Waals surface area contributed by atoms with Gasteiger partial charge in [-0.15, -0.1) is 0 Å². The summed E-state index contributed by atoms with van der Waals surface area (Å²) in [7, 11) is 1.67. The first kappa shape index (κ1) is 14.2. The van der Waals surface area contributed by atoms with Crippen LogP contribution in [0.2, 0.25) is 0 Å². The van der Waals surface area contributed by atoms with Crippen LogP contribution in [-0.2, 0) is 4.74 Å². The van der Waals surface area contributed by atoms with Gasteiger partial charge in [-0.05, 0) is 24.9 Å². The Labute approximate surface area is 114 Å². The molecule has 0 aromatic heterocycles. The van der Waals surface area contributed by atoms with Gasteiger partial charge in [0.1, 0.15) is 6.10 Å². The van der Waals surface area contributed by atoms with Gasteiger partial charge in [-0.1, -0.05) is 19.1 Å². The monoisotopic (exact) mass is 265 g/mol. The first-order valence-electron chi connectivity index (χ1n) is 6.87. The Morgan fingerprint density at radius 2 is 2.32 bits per heavy atom. The number of benzene rings is 1. The summed E-state index contributed by atoms with van der Waals surface area (Å²) >= 11 is 0. The maximum Gasteiger partial charge on any atom is 0.165 e. The van der Waals surface area contributed by atoms with Gasteiger partial charge in [0.2, 0.25) is 0 Å². The molecule has 1 aliphatic heterocycles. The fraction of sp³-hybridized carbons (Fsp3) is 0.600. The molecule has 0 amide bonds. The second-order valence-corrected chi connectivity index (χ2v) is 4.96. The third-order valence-electron chi connectivity index (χ3n) is 3.53. The number of hydrogen-bond donors (Lipinski definition) is 1. The molecule has 19 heavy (non-hydrogen) atoms. The zero-order valence-electron chi connectivity index (χ0n) is 11.7. The minimum atomic E-state index is 0.125. The van der Waals surface area contributed by atoms with Crippen molar-refractivity contribution in [3.05, 3.63) is 23.8 Å². The Bertz CT molecular complexity index is 402. The summed E-state index contributed by atoms with van der Waals surface area (Å²) in [4.78, 5) is 0. The van der Waals surface area contributed by atoms with E-state index in [1.807, 2.05) is 12.1 Å². The predicted octanol–water partition coefficient (Wildman–Crippen LogP) is 2.32. The van der Waals surface area contributed by atoms with E-state index in [1.165, 1.54) is 0 Å². The molecule has 1 aromatic rings. The quantitative estimate of drug-likeness (QED) is 0.857. The second-order valence-electron chi connectivity index (χ2n) is 4.96. The topological polar surface area (TPSA) is 53.7 Å². The van der Waals surface area contributed by atoms with Gasteiger partial charge in [-0.3, -0.25) is 0 Å². The van der Waals surface area contributed by atoms with Crippen LogP contribution in [0.3, 0.4) is 0 Å². The van der Waals surface area contributed by atoms with E-state index >= 15 is 0 Å². The van der Waals surface area contributed by atoms with Crippen LogP contribution in [0.4, 0.5) is 0 Å². The molecule has 4 nitrogen and oxygen atoms in total. The van der Waals surface area contributed by atoms with Gasteiger partial charge in [-0.2, -0.15) is 0 Å². The molecule has 0 aliphatic carbocycles. The first-order valence-corrected chi connectivity index (χ1v) is 6.87. The molecule has 1 aliphatic rings. The van der Waals surface area contributed by atoms with Crippen molar-refractivity contribution in [2.24, 2.45) is 5.73 Å². The van der Waals surface area contributed by atoms with Crippen LogP contribution in [-0.4, -0.2) is 33.0 Å². The summed E-state index contributed by atoms with van der Waals surface area (Å²) in [6.07, 6.45) is 1.99. The van der Waals surface area contributed by atoms with E-state index in [2.05, 4.69) is 13.0 Å². The van der Waals surface area contributed by atoms with Gasteiger partial charge in [0.15, 0.2) is 11.5 Å². The highest BCUT2D eigenvalue weighted by Gasteiger charge is 2.22. The molecule has 2 unspecified atom stereocenters. The summed E-state index contributed by atoms with van der Waals surface area (Å²) in [6, 6.07) is 6.02. The average Bonchev–Trinajstić information content (AvgIpc) is 2.92. The Hall–Kier alpha value is -1.26. The van der Waals surface area contributed by atoms with Crippen LogP contribution >= 0.6 is 0 Å². The van der Waals surface area contributed by atoms with Crippen molar-refractivity contribution in [1.82, 2.24) is 0 Å². The highest BCUT2D eigenvalue weighted by atomic mass is 16.6. The van der Waals surface area contributed by atoms with Gasteiger partial charge in [-0.25, -0.2) is 0 Å². The summed E-state index contributed by atoms with van der Waals surface area (Å²) < 4.78 is 16.9. The van der Waals surface area contributed by atoms with E-state index in [9.17, 15) is 0 Å². The third-order valence-corrected chi connectivity index (χ3v) is 3.53. The standard InChI is InChI=1S/C15H23NO3/c1-11(6-8-16)13-4-3-5-14(17-2)15(13)19-12-7-9-18-10-12/h3-5,11-12H,6-10,16H2,1-2H3. The molecule has 0 saturated carbocycles. The van der Waals surface area contributed by atoms with Gasteiger partial charge < -0.3 is 19.9 Å². The highest BCUT2D eigenvalue weighted by molar-refractivity contribution is 5.48. The van der Waals surface area contributed by atoms with E-state index in [4.69, 9.17) is 19.9 Å². The van der Waals surface area contributed by atoms with E-state index < -0.39 is 0 Å². The average molecular weight is 265 g/mol. The van der Waals surface area contributed by atoms with E-state index in [1.54, 1.807) is 7.11 Å². The maximum atomic E-state index is 6.11. The van der Waals surface area contributed by atoms with Crippen molar-refractivity contribution >= 4 is 0 Å². The van der Waals surface area contributed by atoms with Gasteiger partial charge in [0.25, 0.3) is 0 Å². The number of rotatable bonds is 6. The lowest BCUT2D eigenvalue weighted by atomic mass is 9.96. The van der Waals surface area contributed by atoms with Crippen molar-refractivity contribution < 1.29 is 14.2 Å². The minimum Gasteiger partial charge on any atom is -0.493 e. The zero-order valence-corrected chi connectivity index (χ0v) is 11.7. The Morgan fingerprint density at radius 1 is 1.47 bits per heavy atom. The lowest BCUT2D eigenvalue weighted by Gasteiger charge is -2.21. The van der Waals surface area contributed by atoms with Crippen LogP contribution in [0.5, 0.6) is 11.5 Å². The summed E-state index contributed by atoms with van der Waals surface area (Å²) in [5, 5.41) is 0. The number of hydrogen-bond acceptors (Lipinski definition) is 4. The maximum absolute atomic E-state index is 6.11. The molecular weight excluding hydrogens is 242 g/mol. The van der Waals surface area contributed by atoms with E-state index in [0.717, 1.165) is 36.5 Å². The molecular formula is C15H23NO3. The number of nitrogens with two attached hydrogens (primary N) is 1. The van der Waals surface area contributed by atoms with Crippen molar-refractivity contribution in [1.29, 1.82) is 0 Å². The van der Waals surface area contributed by atoms with E-state index in [-0.39, 0.29) is 6.10 Å². The van der Waals surface area contributed by atoms with Crippen LogP contribution in [0.25, 0.3) is 0 Å². The smallest absolute Gasteiger partial charge is 0.165 e. The Morgan fingerprint density at radius 3 is 2.95 bits per heavy atom. The molecule has 106 valence electrons.